The first kappa shape index (κ1) is 17.8. The molecule has 3 rings (SSSR count). The fourth-order valence-corrected chi connectivity index (χ4v) is 2.97. The van der Waals surface area contributed by atoms with E-state index in [1.807, 2.05) is 24.3 Å². The molecule has 0 atom stereocenters. The van der Waals surface area contributed by atoms with E-state index in [2.05, 4.69) is 53.4 Å². The highest BCUT2D eigenvalue weighted by atomic mass is 16.6. The average molecular weight is 346 g/mol. The minimum Gasteiger partial charge on any atom is -0.295 e. The van der Waals surface area contributed by atoms with Gasteiger partial charge in [-0.3, -0.25) is 15.0 Å². The summed E-state index contributed by atoms with van der Waals surface area (Å²) in [4.78, 5) is 12.8. The summed E-state index contributed by atoms with van der Waals surface area (Å²) >= 11 is 0. The lowest BCUT2D eigenvalue weighted by Gasteiger charge is -2.22. The zero-order valence-electron chi connectivity index (χ0n) is 14.6. The van der Waals surface area contributed by atoms with Gasteiger partial charge in [0.15, 0.2) is 0 Å². The van der Waals surface area contributed by atoms with Gasteiger partial charge in [-0.25, -0.2) is 0 Å². The van der Waals surface area contributed by atoms with Gasteiger partial charge in [0.05, 0.1) is 4.92 Å². The van der Waals surface area contributed by atoms with Crippen molar-refractivity contribution in [2.24, 2.45) is 0 Å². The highest BCUT2D eigenvalue weighted by Crippen LogP contribution is 2.15. The zero-order chi connectivity index (χ0) is 18.2. The summed E-state index contributed by atoms with van der Waals surface area (Å²) < 4.78 is 0. The second-order valence-corrected chi connectivity index (χ2v) is 6.36. The minimum absolute atomic E-state index is 0.132. The lowest BCUT2D eigenvalue weighted by atomic mass is 10.1. The Morgan fingerprint density at radius 1 is 0.692 bits per heavy atom. The third-order valence-corrected chi connectivity index (χ3v) is 4.36. The molecule has 26 heavy (non-hydrogen) atoms. The van der Waals surface area contributed by atoms with Crippen molar-refractivity contribution in [1.29, 1.82) is 0 Å². The topological polar surface area (TPSA) is 46.4 Å². The van der Waals surface area contributed by atoms with Crippen LogP contribution in [0.25, 0.3) is 0 Å². The van der Waals surface area contributed by atoms with Crippen LogP contribution in [0.5, 0.6) is 0 Å². The molecule has 0 saturated heterocycles. The Morgan fingerprint density at radius 3 is 1.73 bits per heavy atom. The molecule has 0 N–H and O–H groups in total. The second kappa shape index (κ2) is 8.92. The molecule has 0 radical (unpaired) electrons. The van der Waals surface area contributed by atoms with Gasteiger partial charge in [-0.05, 0) is 23.1 Å². The predicted molar refractivity (Wildman–Crippen MR) is 104 cm³/mol. The number of rotatable bonds is 8. The molecule has 3 aromatic rings. The first-order chi connectivity index (χ1) is 12.7. The highest BCUT2D eigenvalue weighted by molar-refractivity contribution is 5.33. The van der Waals surface area contributed by atoms with Crippen molar-refractivity contribution in [2.75, 3.05) is 6.54 Å². The van der Waals surface area contributed by atoms with Crippen LogP contribution in [0.1, 0.15) is 16.7 Å². The molecular weight excluding hydrogens is 324 g/mol. The van der Waals surface area contributed by atoms with Crippen molar-refractivity contribution in [3.8, 4) is 0 Å². The largest absolute Gasteiger partial charge is 0.295 e. The van der Waals surface area contributed by atoms with E-state index in [1.165, 1.54) is 11.1 Å². The van der Waals surface area contributed by atoms with E-state index in [4.69, 9.17) is 0 Å². The predicted octanol–water partition coefficient (Wildman–Crippen LogP) is 4.84. The van der Waals surface area contributed by atoms with Crippen molar-refractivity contribution < 1.29 is 4.92 Å². The maximum atomic E-state index is 10.8. The third-order valence-electron chi connectivity index (χ3n) is 4.36. The normalized spacial score (nSPS) is 10.8. The smallest absolute Gasteiger partial charge is 0.269 e. The van der Waals surface area contributed by atoms with Crippen LogP contribution in [0.2, 0.25) is 0 Å². The molecule has 0 spiro atoms. The van der Waals surface area contributed by atoms with Gasteiger partial charge in [-0.2, -0.15) is 0 Å². The molecule has 0 amide bonds. The van der Waals surface area contributed by atoms with E-state index in [0.29, 0.717) is 0 Å². The van der Waals surface area contributed by atoms with Gasteiger partial charge in [0.1, 0.15) is 0 Å². The van der Waals surface area contributed by atoms with Crippen molar-refractivity contribution in [2.45, 2.75) is 19.5 Å². The quantitative estimate of drug-likeness (QED) is 0.433. The molecule has 0 unspecified atom stereocenters. The highest BCUT2D eigenvalue weighted by Gasteiger charge is 2.10. The summed E-state index contributed by atoms with van der Waals surface area (Å²) in [5.41, 5.74) is 3.80. The van der Waals surface area contributed by atoms with E-state index < -0.39 is 0 Å². The first-order valence-corrected chi connectivity index (χ1v) is 8.74. The van der Waals surface area contributed by atoms with Gasteiger partial charge in [0, 0.05) is 31.8 Å². The number of nitro groups is 1. The fraction of sp³-hybridized carbons (Fsp3) is 0.182. The fourth-order valence-electron chi connectivity index (χ4n) is 2.97. The summed E-state index contributed by atoms with van der Waals surface area (Å²) in [5.74, 6) is 0. The molecule has 4 nitrogen and oxygen atoms in total. The van der Waals surface area contributed by atoms with Crippen LogP contribution >= 0.6 is 0 Å². The van der Waals surface area contributed by atoms with Gasteiger partial charge >= 0.3 is 0 Å². The van der Waals surface area contributed by atoms with Gasteiger partial charge in [-0.15, -0.1) is 0 Å². The van der Waals surface area contributed by atoms with E-state index in [-0.39, 0.29) is 10.6 Å². The summed E-state index contributed by atoms with van der Waals surface area (Å²) in [6.07, 6.45) is 0.973. The summed E-state index contributed by atoms with van der Waals surface area (Å²) in [7, 11) is 0. The number of benzene rings is 3. The van der Waals surface area contributed by atoms with E-state index in [9.17, 15) is 10.1 Å². The number of non-ortho nitro benzene ring substituents is 1. The van der Waals surface area contributed by atoms with Crippen molar-refractivity contribution in [3.05, 3.63) is 112 Å². The molecular formula is C22H22N2O2. The Hall–Kier alpha value is -2.98. The Bertz CT molecular complexity index is 818. The number of hydrogen-bond acceptors (Lipinski definition) is 3. The molecule has 0 aliphatic rings. The number of nitro benzene ring substituents is 1. The standard InChI is InChI=1S/C22H22N2O2/c25-24(26)22-13-11-21(12-14-22)18-23(17-20-9-5-2-6-10-20)16-15-19-7-3-1-4-8-19/h1-14H,15-18H2. The Balaban J connectivity index is 1.70. The van der Waals surface area contributed by atoms with Gasteiger partial charge in [0.25, 0.3) is 5.69 Å². The van der Waals surface area contributed by atoms with Crippen LogP contribution in [-0.4, -0.2) is 16.4 Å². The van der Waals surface area contributed by atoms with Crippen LogP contribution in [0.3, 0.4) is 0 Å². The summed E-state index contributed by atoms with van der Waals surface area (Å²) in [5, 5.41) is 10.8. The zero-order valence-corrected chi connectivity index (χ0v) is 14.6. The minimum atomic E-state index is -0.360. The second-order valence-electron chi connectivity index (χ2n) is 6.36. The maximum Gasteiger partial charge on any atom is 0.269 e. The lowest BCUT2D eigenvalue weighted by Crippen LogP contribution is -2.25. The number of nitrogens with zero attached hydrogens (tertiary/aromatic N) is 2. The summed E-state index contributed by atoms with van der Waals surface area (Å²) in [6.45, 7) is 2.54. The van der Waals surface area contributed by atoms with Gasteiger partial charge < -0.3 is 0 Å². The van der Waals surface area contributed by atoms with E-state index in [0.717, 1.165) is 31.6 Å². The Morgan fingerprint density at radius 2 is 1.19 bits per heavy atom. The van der Waals surface area contributed by atoms with E-state index in [1.54, 1.807) is 12.1 Å². The van der Waals surface area contributed by atoms with Crippen LogP contribution < -0.4 is 0 Å². The van der Waals surface area contributed by atoms with Crippen molar-refractivity contribution >= 4 is 5.69 Å². The molecule has 0 aliphatic heterocycles. The SMILES string of the molecule is O=[N+]([O-])c1ccc(CN(CCc2ccccc2)Cc2ccccc2)cc1. The lowest BCUT2D eigenvalue weighted by molar-refractivity contribution is -0.384. The molecule has 0 aromatic heterocycles. The molecule has 0 aliphatic carbocycles. The molecule has 132 valence electrons. The Kier molecular flexibility index (Phi) is 6.12. The first-order valence-electron chi connectivity index (χ1n) is 8.74. The Labute approximate surface area is 153 Å². The summed E-state index contributed by atoms with van der Waals surface area (Å²) in [6, 6.07) is 27.7. The van der Waals surface area contributed by atoms with Crippen molar-refractivity contribution in [3.63, 3.8) is 0 Å². The number of hydrogen-bond donors (Lipinski definition) is 0. The van der Waals surface area contributed by atoms with Crippen LogP contribution in [-0.2, 0) is 19.5 Å². The van der Waals surface area contributed by atoms with Crippen LogP contribution in [0.4, 0.5) is 5.69 Å². The molecule has 0 fully saturated rings. The van der Waals surface area contributed by atoms with Gasteiger partial charge in [-0.1, -0.05) is 72.8 Å². The van der Waals surface area contributed by atoms with Crippen LogP contribution in [0.15, 0.2) is 84.9 Å². The molecule has 0 bridgehead atoms. The van der Waals surface area contributed by atoms with Crippen molar-refractivity contribution in [1.82, 2.24) is 4.90 Å². The van der Waals surface area contributed by atoms with Gasteiger partial charge in [0.2, 0.25) is 0 Å². The molecule has 0 saturated carbocycles. The monoisotopic (exact) mass is 346 g/mol. The molecule has 0 heterocycles. The maximum absolute atomic E-state index is 10.8. The van der Waals surface area contributed by atoms with Crippen LogP contribution in [0, 0.1) is 10.1 Å². The third kappa shape index (κ3) is 5.26. The molecule has 4 heteroatoms. The molecule has 3 aromatic carbocycles. The average Bonchev–Trinajstić information content (AvgIpc) is 2.68. The van der Waals surface area contributed by atoms with E-state index >= 15 is 0 Å².